The van der Waals surface area contributed by atoms with E-state index in [-0.39, 0.29) is 23.2 Å². The van der Waals surface area contributed by atoms with Gasteiger partial charge in [0, 0.05) is 0 Å². The second kappa shape index (κ2) is 3.82. The molecule has 0 aromatic carbocycles. The number of aromatic nitrogens is 4. The first-order valence-corrected chi connectivity index (χ1v) is 4.54. The summed E-state index contributed by atoms with van der Waals surface area (Å²) < 4.78 is 4.96. The highest BCUT2D eigenvalue weighted by Crippen LogP contribution is 2.14. The molecule has 0 unspecified atom stereocenters. The maximum atomic E-state index is 11.6. The average Bonchev–Trinajstić information content (AvgIpc) is 2.75. The smallest absolute Gasteiger partial charge is 0.205 e. The predicted octanol–water partition coefficient (Wildman–Crippen LogP) is 0.882. The number of Topliss-reactive ketones (excluding diaryl/α,β-unsaturated/α-hetero) is 1. The number of carbonyl (C=O) groups excluding carboxylic acids is 1. The number of rotatable bonds is 3. The van der Waals surface area contributed by atoms with E-state index in [1.54, 1.807) is 7.05 Å². The maximum Gasteiger partial charge on any atom is 0.205 e. The van der Waals surface area contributed by atoms with E-state index >= 15 is 0 Å². The van der Waals surface area contributed by atoms with E-state index in [0.29, 0.717) is 5.82 Å². The molecule has 0 fully saturated rings. The highest BCUT2D eigenvalue weighted by atomic mass is 35.5. The molecule has 0 radical (unpaired) electrons. The lowest BCUT2D eigenvalue weighted by Gasteiger charge is -1.91. The van der Waals surface area contributed by atoms with Crippen molar-refractivity contribution in [2.24, 2.45) is 7.05 Å². The van der Waals surface area contributed by atoms with Gasteiger partial charge < -0.3 is 4.42 Å². The third-order valence-electron chi connectivity index (χ3n) is 1.72. The summed E-state index contributed by atoms with van der Waals surface area (Å²) in [6.07, 6.45) is 0.0533. The first-order valence-electron chi connectivity index (χ1n) is 4.16. The van der Waals surface area contributed by atoms with Gasteiger partial charge in [-0.1, -0.05) is 0 Å². The van der Waals surface area contributed by atoms with Gasteiger partial charge in [-0.2, -0.15) is 4.80 Å². The van der Waals surface area contributed by atoms with Crippen LogP contribution in [0, 0.1) is 0 Å². The summed E-state index contributed by atoms with van der Waals surface area (Å²) in [6.45, 7) is 0. The minimum Gasteiger partial charge on any atom is -0.442 e. The molecule has 0 saturated heterocycles. The zero-order valence-corrected chi connectivity index (χ0v) is 8.60. The monoisotopic (exact) mass is 226 g/mol. The molecular formula is C8H7ClN4O2. The highest BCUT2D eigenvalue weighted by molar-refractivity contribution is 6.29. The fourth-order valence-corrected chi connectivity index (χ4v) is 1.24. The normalized spacial score (nSPS) is 10.5. The Morgan fingerprint density at radius 2 is 2.40 bits per heavy atom. The van der Waals surface area contributed by atoms with E-state index in [2.05, 4.69) is 15.4 Å². The Balaban J connectivity index is 2.10. The quantitative estimate of drug-likeness (QED) is 0.727. The Hall–Kier alpha value is -1.69. The van der Waals surface area contributed by atoms with Crippen molar-refractivity contribution < 1.29 is 9.21 Å². The number of halogens is 1. The Morgan fingerprint density at radius 1 is 1.60 bits per heavy atom. The van der Waals surface area contributed by atoms with E-state index in [0.717, 1.165) is 0 Å². The molecule has 2 heterocycles. The second-order valence-corrected chi connectivity index (χ2v) is 3.27. The van der Waals surface area contributed by atoms with Gasteiger partial charge in [-0.3, -0.25) is 4.79 Å². The standard InChI is InChI=1S/C8H7ClN4O2/c1-13-11-8(10-12-13)4-5(14)6-2-3-7(9)15-6/h2-3H,4H2,1H3. The van der Waals surface area contributed by atoms with E-state index in [9.17, 15) is 4.79 Å². The van der Waals surface area contributed by atoms with Crippen LogP contribution in [0.25, 0.3) is 0 Å². The fourth-order valence-electron chi connectivity index (χ4n) is 1.09. The van der Waals surface area contributed by atoms with E-state index < -0.39 is 0 Å². The van der Waals surface area contributed by atoms with Crippen LogP contribution in [0.1, 0.15) is 16.4 Å². The molecule has 0 atom stereocenters. The number of nitrogens with zero attached hydrogens (tertiary/aromatic N) is 4. The molecule has 15 heavy (non-hydrogen) atoms. The lowest BCUT2D eigenvalue weighted by Crippen LogP contribution is -2.04. The van der Waals surface area contributed by atoms with Gasteiger partial charge in [-0.15, -0.1) is 10.2 Å². The van der Waals surface area contributed by atoms with Crippen molar-refractivity contribution in [3.8, 4) is 0 Å². The molecule has 0 bridgehead atoms. The molecule has 0 saturated carbocycles. The van der Waals surface area contributed by atoms with Crippen LogP contribution in [0.3, 0.4) is 0 Å². The molecule has 7 heteroatoms. The van der Waals surface area contributed by atoms with E-state index in [1.807, 2.05) is 0 Å². The van der Waals surface area contributed by atoms with Gasteiger partial charge in [-0.25, -0.2) is 0 Å². The van der Waals surface area contributed by atoms with Crippen molar-refractivity contribution >= 4 is 17.4 Å². The minimum atomic E-state index is -0.227. The fraction of sp³-hybridized carbons (Fsp3) is 0.250. The van der Waals surface area contributed by atoms with Crippen LogP contribution in [0.4, 0.5) is 0 Å². The number of furan rings is 1. The Kier molecular flexibility index (Phi) is 2.51. The molecule has 0 aliphatic heterocycles. The van der Waals surface area contributed by atoms with Gasteiger partial charge in [0.25, 0.3) is 0 Å². The molecule has 0 amide bonds. The molecule has 2 aromatic heterocycles. The SMILES string of the molecule is Cn1nnc(CC(=O)c2ccc(Cl)o2)n1. The Morgan fingerprint density at radius 3 is 2.93 bits per heavy atom. The minimum absolute atomic E-state index is 0.0533. The summed E-state index contributed by atoms with van der Waals surface area (Å²) in [7, 11) is 1.63. The van der Waals surface area contributed by atoms with Crippen LogP contribution in [-0.2, 0) is 13.5 Å². The van der Waals surface area contributed by atoms with Crippen molar-refractivity contribution in [2.75, 3.05) is 0 Å². The third kappa shape index (κ3) is 2.21. The zero-order chi connectivity index (χ0) is 10.8. The van der Waals surface area contributed by atoms with Gasteiger partial charge in [0.2, 0.25) is 5.78 Å². The molecule has 78 valence electrons. The van der Waals surface area contributed by atoms with Crippen LogP contribution < -0.4 is 0 Å². The van der Waals surface area contributed by atoms with E-state index in [4.69, 9.17) is 16.0 Å². The molecular weight excluding hydrogens is 220 g/mol. The molecule has 0 N–H and O–H groups in total. The first-order chi connectivity index (χ1) is 7.15. The van der Waals surface area contributed by atoms with Crippen LogP contribution >= 0.6 is 11.6 Å². The van der Waals surface area contributed by atoms with E-state index in [1.165, 1.54) is 16.9 Å². The van der Waals surface area contributed by atoms with Crippen LogP contribution in [0.15, 0.2) is 16.5 Å². The molecule has 2 rings (SSSR count). The van der Waals surface area contributed by atoms with Gasteiger partial charge in [0.15, 0.2) is 16.8 Å². The molecule has 0 spiro atoms. The summed E-state index contributed by atoms with van der Waals surface area (Å²) >= 11 is 5.54. The second-order valence-electron chi connectivity index (χ2n) is 2.90. The number of hydrogen-bond donors (Lipinski definition) is 0. The first kappa shape index (κ1) is 9.85. The summed E-state index contributed by atoms with van der Waals surface area (Å²) in [6, 6.07) is 3.03. The number of ketones is 1. The largest absolute Gasteiger partial charge is 0.442 e. The molecule has 0 aliphatic carbocycles. The van der Waals surface area contributed by atoms with Crippen LogP contribution in [0.5, 0.6) is 0 Å². The summed E-state index contributed by atoms with van der Waals surface area (Å²) in [4.78, 5) is 12.9. The number of aryl methyl sites for hydroxylation is 1. The maximum absolute atomic E-state index is 11.6. The Labute approximate surface area is 89.8 Å². The van der Waals surface area contributed by atoms with Crippen LogP contribution in [-0.4, -0.2) is 26.0 Å². The lowest BCUT2D eigenvalue weighted by atomic mass is 10.2. The summed E-state index contributed by atoms with van der Waals surface area (Å²) in [5, 5.41) is 11.4. The van der Waals surface area contributed by atoms with Crippen LogP contribution in [0.2, 0.25) is 5.22 Å². The van der Waals surface area contributed by atoms with Crippen molar-refractivity contribution in [1.82, 2.24) is 20.2 Å². The Bertz CT molecular complexity index is 490. The summed E-state index contributed by atoms with van der Waals surface area (Å²) in [5.74, 6) is 0.331. The number of carbonyl (C=O) groups is 1. The zero-order valence-electron chi connectivity index (χ0n) is 7.85. The van der Waals surface area contributed by atoms with Crippen molar-refractivity contribution in [3.05, 3.63) is 28.9 Å². The molecule has 6 nitrogen and oxygen atoms in total. The third-order valence-corrected chi connectivity index (χ3v) is 1.92. The summed E-state index contributed by atoms with van der Waals surface area (Å²) in [5.41, 5.74) is 0. The van der Waals surface area contributed by atoms with Gasteiger partial charge >= 0.3 is 0 Å². The lowest BCUT2D eigenvalue weighted by molar-refractivity contribution is 0.0964. The molecule has 2 aromatic rings. The van der Waals surface area contributed by atoms with Crippen molar-refractivity contribution in [2.45, 2.75) is 6.42 Å². The number of tetrazole rings is 1. The van der Waals surface area contributed by atoms with Gasteiger partial charge in [0.1, 0.15) is 0 Å². The molecule has 0 aliphatic rings. The van der Waals surface area contributed by atoms with Gasteiger partial charge in [-0.05, 0) is 28.9 Å². The predicted molar refractivity (Wildman–Crippen MR) is 50.6 cm³/mol. The average molecular weight is 227 g/mol. The van der Waals surface area contributed by atoms with Gasteiger partial charge in [0.05, 0.1) is 13.5 Å². The van der Waals surface area contributed by atoms with Crippen molar-refractivity contribution in [1.29, 1.82) is 0 Å². The van der Waals surface area contributed by atoms with Crippen molar-refractivity contribution in [3.63, 3.8) is 0 Å². The topological polar surface area (TPSA) is 73.8 Å². The number of hydrogen-bond acceptors (Lipinski definition) is 5. The highest BCUT2D eigenvalue weighted by Gasteiger charge is 2.14.